The highest BCUT2D eigenvalue weighted by atomic mass is 32.2. The zero-order valence-corrected chi connectivity index (χ0v) is 12.9. The second-order valence-corrected chi connectivity index (χ2v) is 7.51. The van der Waals surface area contributed by atoms with Gasteiger partial charge in [0.15, 0.2) is 0 Å². The fraction of sp³-hybridized carbons (Fsp3) is 0.500. The molecule has 0 amide bonds. The summed E-state index contributed by atoms with van der Waals surface area (Å²) >= 11 is 0. The van der Waals surface area contributed by atoms with Crippen LogP contribution in [0.3, 0.4) is 0 Å². The molecule has 1 aromatic carbocycles. The van der Waals surface area contributed by atoms with Crippen LogP contribution in [0.15, 0.2) is 23.2 Å². The smallest absolute Gasteiger partial charge is 0.235 e. The minimum Gasteiger partial charge on any atom is -0.372 e. The number of nitrogens with one attached hydrogen (secondary N) is 2. The molecule has 20 heavy (non-hydrogen) atoms. The molecule has 0 radical (unpaired) electrons. The van der Waals surface area contributed by atoms with Crippen LogP contribution < -0.4 is 10.0 Å². The van der Waals surface area contributed by atoms with Gasteiger partial charge in [-0.2, -0.15) is 0 Å². The maximum atomic E-state index is 11.9. The minimum absolute atomic E-state index is 0.446. The third-order valence-electron chi connectivity index (χ3n) is 3.28. The maximum Gasteiger partial charge on any atom is 0.235 e. The molecule has 1 heterocycles. The van der Waals surface area contributed by atoms with Crippen LogP contribution in [0.5, 0.6) is 0 Å². The molecule has 2 rings (SSSR count). The average molecular weight is 295 g/mol. The zero-order valence-electron chi connectivity index (χ0n) is 12.1. The number of rotatable bonds is 5. The van der Waals surface area contributed by atoms with Crippen LogP contribution in [0.25, 0.3) is 0 Å². The lowest BCUT2D eigenvalue weighted by Gasteiger charge is -2.14. The molecule has 0 fully saturated rings. The Hall–Kier alpha value is -1.56. The van der Waals surface area contributed by atoms with Gasteiger partial charge in [-0.25, -0.2) is 8.42 Å². The van der Waals surface area contributed by atoms with Crippen LogP contribution in [0, 0.1) is 6.92 Å². The van der Waals surface area contributed by atoms with Crippen molar-refractivity contribution in [2.24, 2.45) is 4.99 Å². The van der Waals surface area contributed by atoms with Crippen molar-refractivity contribution in [3.05, 3.63) is 29.3 Å². The predicted octanol–water partition coefficient (Wildman–Crippen LogP) is 1.69. The maximum absolute atomic E-state index is 11.9. The van der Waals surface area contributed by atoms with Crippen molar-refractivity contribution in [3.8, 4) is 0 Å². The summed E-state index contributed by atoms with van der Waals surface area (Å²) in [6, 6.07) is 5.76. The summed E-state index contributed by atoms with van der Waals surface area (Å²) in [7, 11) is -3.30. The summed E-state index contributed by atoms with van der Waals surface area (Å²) < 4.78 is 26.4. The molecule has 110 valence electrons. The van der Waals surface area contributed by atoms with Crippen molar-refractivity contribution in [2.75, 3.05) is 17.8 Å². The van der Waals surface area contributed by atoms with Gasteiger partial charge in [0.1, 0.15) is 5.84 Å². The lowest BCUT2D eigenvalue weighted by molar-refractivity contribution is 0.592. The Bertz CT molecular complexity index is 621. The molecule has 1 aromatic rings. The SMILES string of the molecule is Cc1cc(CC2=NCCN2)ccc1NS(=O)(=O)C(C)C. The summed E-state index contributed by atoms with van der Waals surface area (Å²) in [4.78, 5) is 4.36. The number of aryl methyl sites for hydroxylation is 1. The van der Waals surface area contributed by atoms with Crippen molar-refractivity contribution in [1.29, 1.82) is 0 Å². The monoisotopic (exact) mass is 295 g/mol. The molecule has 2 N–H and O–H groups in total. The number of sulfonamides is 1. The van der Waals surface area contributed by atoms with Gasteiger partial charge in [-0.05, 0) is 38.0 Å². The van der Waals surface area contributed by atoms with Gasteiger partial charge >= 0.3 is 0 Å². The van der Waals surface area contributed by atoms with Crippen LogP contribution in [-0.4, -0.2) is 32.6 Å². The summed E-state index contributed by atoms with van der Waals surface area (Å²) in [5.74, 6) is 1.000. The first kappa shape index (κ1) is 14.8. The van der Waals surface area contributed by atoms with Gasteiger partial charge in [0.25, 0.3) is 0 Å². The Kier molecular flexibility index (Phi) is 4.32. The third-order valence-corrected chi connectivity index (χ3v) is 5.02. The fourth-order valence-corrected chi connectivity index (χ4v) is 2.75. The molecule has 6 heteroatoms. The highest BCUT2D eigenvalue weighted by Crippen LogP contribution is 2.19. The first-order valence-corrected chi connectivity index (χ1v) is 8.31. The van der Waals surface area contributed by atoms with Gasteiger partial charge < -0.3 is 5.32 Å². The van der Waals surface area contributed by atoms with Gasteiger partial charge in [-0.15, -0.1) is 0 Å². The predicted molar refractivity (Wildman–Crippen MR) is 82.9 cm³/mol. The summed E-state index contributed by atoms with van der Waals surface area (Å²) in [6.45, 7) is 6.97. The lowest BCUT2D eigenvalue weighted by atomic mass is 10.1. The molecule has 0 atom stereocenters. The molecule has 0 spiro atoms. The van der Waals surface area contributed by atoms with Gasteiger partial charge in [-0.1, -0.05) is 12.1 Å². The number of anilines is 1. The van der Waals surface area contributed by atoms with Crippen molar-refractivity contribution in [3.63, 3.8) is 0 Å². The Morgan fingerprint density at radius 1 is 1.40 bits per heavy atom. The van der Waals surface area contributed by atoms with E-state index in [1.807, 2.05) is 25.1 Å². The van der Waals surface area contributed by atoms with Crippen LogP contribution in [0.2, 0.25) is 0 Å². The number of hydrogen-bond acceptors (Lipinski definition) is 4. The average Bonchev–Trinajstić information content (AvgIpc) is 2.85. The molecule has 0 saturated heterocycles. The fourth-order valence-electron chi connectivity index (χ4n) is 1.98. The first-order valence-electron chi connectivity index (χ1n) is 6.77. The second-order valence-electron chi connectivity index (χ2n) is 5.28. The molecular formula is C14H21N3O2S. The van der Waals surface area contributed by atoms with E-state index in [4.69, 9.17) is 0 Å². The van der Waals surface area contributed by atoms with E-state index in [0.29, 0.717) is 5.69 Å². The van der Waals surface area contributed by atoms with Crippen molar-refractivity contribution in [1.82, 2.24) is 5.32 Å². The van der Waals surface area contributed by atoms with Gasteiger partial charge in [-0.3, -0.25) is 9.71 Å². The molecule has 0 saturated carbocycles. The summed E-state index contributed by atoms with van der Waals surface area (Å²) in [6.07, 6.45) is 0.762. The van der Waals surface area contributed by atoms with E-state index in [1.165, 1.54) is 0 Å². The van der Waals surface area contributed by atoms with E-state index in [2.05, 4.69) is 15.0 Å². The molecule has 0 bridgehead atoms. The quantitative estimate of drug-likeness (QED) is 0.868. The van der Waals surface area contributed by atoms with Crippen LogP contribution in [-0.2, 0) is 16.4 Å². The number of nitrogens with zero attached hydrogens (tertiary/aromatic N) is 1. The van der Waals surface area contributed by atoms with Crippen molar-refractivity contribution >= 4 is 21.5 Å². The van der Waals surface area contributed by atoms with Crippen LogP contribution in [0.4, 0.5) is 5.69 Å². The highest BCUT2D eigenvalue weighted by Gasteiger charge is 2.16. The van der Waals surface area contributed by atoms with Crippen molar-refractivity contribution in [2.45, 2.75) is 32.4 Å². The molecule has 1 aliphatic rings. The topological polar surface area (TPSA) is 70.6 Å². The van der Waals surface area contributed by atoms with Gasteiger partial charge in [0.05, 0.1) is 17.5 Å². The number of benzene rings is 1. The highest BCUT2D eigenvalue weighted by molar-refractivity contribution is 7.93. The van der Waals surface area contributed by atoms with E-state index >= 15 is 0 Å². The van der Waals surface area contributed by atoms with Gasteiger partial charge in [0, 0.05) is 13.0 Å². The third kappa shape index (κ3) is 3.50. The van der Waals surface area contributed by atoms with E-state index in [-0.39, 0.29) is 0 Å². The number of hydrogen-bond donors (Lipinski definition) is 2. The Labute approximate surface area is 120 Å². The molecule has 0 aromatic heterocycles. The van der Waals surface area contributed by atoms with Crippen molar-refractivity contribution < 1.29 is 8.42 Å². The molecule has 0 unspecified atom stereocenters. The molecule has 5 nitrogen and oxygen atoms in total. The largest absolute Gasteiger partial charge is 0.372 e. The number of aliphatic imine (C=N–C) groups is 1. The Morgan fingerprint density at radius 2 is 2.15 bits per heavy atom. The van der Waals surface area contributed by atoms with Crippen LogP contribution >= 0.6 is 0 Å². The molecule has 1 aliphatic heterocycles. The first-order chi connectivity index (χ1) is 9.38. The summed E-state index contributed by atoms with van der Waals surface area (Å²) in [5, 5.41) is 2.79. The standard InChI is InChI=1S/C14H21N3O2S/c1-10(2)20(18,19)17-13-5-4-12(8-11(13)3)9-14-15-6-7-16-14/h4-5,8,10,17H,6-7,9H2,1-3H3,(H,15,16). The van der Waals surface area contributed by atoms with Crippen LogP contribution in [0.1, 0.15) is 25.0 Å². The Morgan fingerprint density at radius 3 is 2.70 bits per heavy atom. The van der Waals surface area contributed by atoms with E-state index in [9.17, 15) is 8.42 Å². The minimum atomic E-state index is -3.30. The molecule has 0 aliphatic carbocycles. The Balaban J connectivity index is 2.13. The normalized spacial score (nSPS) is 15.1. The lowest BCUT2D eigenvalue weighted by Crippen LogP contribution is -2.23. The molecular weight excluding hydrogens is 274 g/mol. The summed E-state index contributed by atoms with van der Waals surface area (Å²) in [5.41, 5.74) is 2.69. The zero-order chi connectivity index (χ0) is 14.8. The van der Waals surface area contributed by atoms with E-state index in [1.54, 1.807) is 13.8 Å². The second kappa shape index (κ2) is 5.83. The van der Waals surface area contributed by atoms with E-state index in [0.717, 1.165) is 36.5 Å². The van der Waals surface area contributed by atoms with E-state index < -0.39 is 15.3 Å². The van der Waals surface area contributed by atoms with Gasteiger partial charge in [0.2, 0.25) is 10.0 Å². The number of amidine groups is 1.